The van der Waals surface area contributed by atoms with Gasteiger partial charge in [0.25, 0.3) is 0 Å². The van der Waals surface area contributed by atoms with Gasteiger partial charge in [0.15, 0.2) is 0 Å². The van der Waals surface area contributed by atoms with E-state index in [9.17, 15) is 0 Å². The molecule has 4 rings (SSSR count). The Labute approximate surface area is 137 Å². The molecule has 0 aliphatic carbocycles. The minimum atomic E-state index is 0.722. The summed E-state index contributed by atoms with van der Waals surface area (Å²) < 4.78 is 0. The molecular formula is C20H21N3. The van der Waals surface area contributed by atoms with Crippen molar-refractivity contribution in [3.8, 4) is 0 Å². The highest BCUT2D eigenvalue weighted by molar-refractivity contribution is 5.84. The molecule has 1 atom stereocenters. The third-order valence-electron chi connectivity index (χ3n) is 4.76. The van der Waals surface area contributed by atoms with Crippen molar-refractivity contribution in [2.75, 3.05) is 13.1 Å². The highest BCUT2D eigenvalue weighted by Gasteiger charge is 2.23. The molecule has 0 spiro atoms. The van der Waals surface area contributed by atoms with Crippen molar-refractivity contribution in [1.82, 2.24) is 14.9 Å². The third kappa shape index (κ3) is 3.25. The van der Waals surface area contributed by atoms with Crippen LogP contribution in [0.4, 0.5) is 0 Å². The molecule has 1 aliphatic heterocycles. The fraction of sp³-hybridized carbons (Fsp3) is 0.300. The SMILES string of the molecule is c1cncc(CN2CC[C@H](Cc3cncc4ccccc34)C2)c1. The van der Waals surface area contributed by atoms with E-state index in [2.05, 4.69) is 45.2 Å². The average Bonchev–Trinajstić information content (AvgIpc) is 3.03. The van der Waals surface area contributed by atoms with Crippen LogP contribution in [0.3, 0.4) is 0 Å². The van der Waals surface area contributed by atoms with E-state index in [1.807, 2.05) is 30.9 Å². The van der Waals surface area contributed by atoms with Gasteiger partial charge >= 0.3 is 0 Å². The standard InChI is InChI=1S/C20H21N3/c1-2-6-20-18(5-1)12-22-13-19(20)10-16-7-9-23(14-16)15-17-4-3-8-21-11-17/h1-6,8,11-13,16H,7,9-10,14-15H2/t16-/m1/s1. The summed E-state index contributed by atoms with van der Waals surface area (Å²) in [6.07, 6.45) is 10.2. The van der Waals surface area contributed by atoms with Crippen molar-refractivity contribution in [3.05, 3.63) is 72.3 Å². The highest BCUT2D eigenvalue weighted by Crippen LogP contribution is 2.25. The zero-order valence-corrected chi connectivity index (χ0v) is 13.2. The predicted octanol–water partition coefficient (Wildman–Crippen LogP) is 3.69. The van der Waals surface area contributed by atoms with E-state index in [1.54, 1.807) is 0 Å². The molecule has 0 radical (unpaired) electrons. The topological polar surface area (TPSA) is 29.0 Å². The van der Waals surface area contributed by atoms with Crippen molar-refractivity contribution >= 4 is 10.8 Å². The summed E-state index contributed by atoms with van der Waals surface area (Å²) in [4.78, 5) is 11.2. The number of nitrogens with zero attached hydrogens (tertiary/aromatic N) is 3. The second-order valence-corrected chi connectivity index (χ2v) is 6.47. The van der Waals surface area contributed by atoms with Gasteiger partial charge in [-0.3, -0.25) is 14.9 Å². The quantitative estimate of drug-likeness (QED) is 0.736. The first kappa shape index (κ1) is 14.3. The van der Waals surface area contributed by atoms with Crippen LogP contribution in [0.5, 0.6) is 0 Å². The maximum absolute atomic E-state index is 4.42. The Morgan fingerprint density at radius 1 is 1.00 bits per heavy atom. The lowest BCUT2D eigenvalue weighted by Crippen LogP contribution is -2.20. The molecule has 116 valence electrons. The largest absolute Gasteiger partial charge is 0.299 e. The van der Waals surface area contributed by atoms with Gasteiger partial charge in [-0.25, -0.2) is 0 Å². The van der Waals surface area contributed by atoms with E-state index in [4.69, 9.17) is 0 Å². The van der Waals surface area contributed by atoms with E-state index in [-0.39, 0.29) is 0 Å². The number of fused-ring (bicyclic) bond motifs is 1. The van der Waals surface area contributed by atoms with E-state index in [0.717, 1.165) is 25.4 Å². The van der Waals surface area contributed by atoms with E-state index in [0.29, 0.717) is 0 Å². The summed E-state index contributed by atoms with van der Waals surface area (Å²) in [6, 6.07) is 12.7. The van der Waals surface area contributed by atoms with Gasteiger partial charge in [0.1, 0.15) is 0 Å². The predicted molar refractivity (Wildman–Crippen MR) is 93.1 cm³/mol. The number of hydrogen-bond acceptors (Lipinski definition) is 3. The normalized spacial score (nSPS) is 18.5. The fourth-order valence-electron chi connectivity index (χ4n) is 3.63. The van der Waals surface area contributed by atoms with Crippen LogP contribution in [-0.4, -0.2) is 28.0 Å². The molecular weight excluding hydrogens is 282 g/mol. The summed E-state index contributed by atoms with van der Waals surface area (Å²) in [7, 11) is 0. The molecule has 0 bridgehead atoms. The molecule has 1 aliphatic rings. The molecule has 3 aromatic rings. The fourth-order valence-corrected chi connectivity index (χ4v) is 3.63. The van der Waals surface area contributed by atoms with Crippen LogP contribution in [0.25, 0.3) is 10.8 Å². The molecule has 2 aromatic heterocycles. The minimum absolute atomic E-state index is 0.722. The van der Waals surface area contributed by atoms with Crippen LogP contribution in [-0.2, 0) is 13.0 Å². The lowest BCUT2D eigenvalue weighted by molar-refractivity contribution is 0.316. The lowest BCUT2D eigenvalue weighted by atomic mass is 9.96. The Kier molecular flexibility index (Phi) is 4.03. The first-order valence-electron chi connectivity index (χ1n) is 8.31. The van der Waals surface area contributed by atoms with Crippen LogP contribution in [0, 0.1) is 5.92 Å². The molecule has 0 amide bonds. The number of rotatable bonds is 4. The molecule has 3 nitrogen and oxygen atoms in total. The molecule has 1 aromatic carbocycles. The summed E-state index contributed by atoms with van der Waals surface area (Å²) in [6.45, 7) is 3.36. The number of likely N-dealkylation sites (tertiary alicyclic amines) is 1. The summed E-state index contributed by atoms with van der Waals surface area (Å²) >= 11 is 0. The van der Waals surface area contributed by atoms with Crippen molar-refractivity contribution in [2.24, 2.45) is 5.92 Å². The third-order valence-corrected chi connectivity index (χ3v) is 4.76. The van der Waals surface area contributed by atoms with Crippen LogP contribution in [0.1, 0.15) is 17.5 Å². The average molecular weight is 303 g/mol. The first-order valence-corrected chi connectivity index (χ1v) is 8.31. The summed E-state index contributed by atoms with van der Waals surface area (Å²) in [5.41, 5.74) is 2.69. The van der Waals surface area contributed by atoms with Crippen molar-refractivity contribution in [3.63, 3.8) is 0 Å². The number of aromatic nitrogens is 2. The van der Waals surface area contributed by atoms with Crippen molar-refractivity contribution in [1.29, 1.82) is 0 Å². The molecule has 23 heavy (non-hydrogen) atoms. The number of benzene rings is 1. The van der Waals surface area contributed by atoms with Gasteiger partial charge < -0.3 is 0 Å². The van der Waals surface area contributed by atoms with Gasteiger partial charge in [-0.1, -0.05) is 30.3 Å². The van der Waals surface area contributed by atoms with Gasteiger partial charge in [-0.2, -0.15) is 0 Å². The van der Waals surface area contributed by atoms with Gasteiger partial charge in [0, 0.05) is 43.3 Å². The summed E-state index contributed by atoms with van der Waals surface area (Å²) in [5.74, 6) is 0.722. The lowest BCUT2D eigenvalue weighted by Gasteiger charge is -2.16. The Morgan fingerprint density at radius 3 is 2.87 bits per heavy atom. The van der Waals surface area contributed by atoms with Crippen LogP contribution in [0.2, 0.25) is 0 Å². The molecule has 0 saturated carbocycles. The Morgan fingerprint density at radius 2 is 1.96 bits per heavy atom. The molecule has 1 fully saturated rings. The smallest absolute Gasteiger partial charge is 0.0346 e. The van der Waals surface area contributed by atoms with Crippen LogP contribution >= 0.6 is 0 Å². The maximum Gasteiger partial charge on any atom is 0.0346 e. The molecule has 3 heterocycles. The van der Waals surface area contributed by atoms with E-state index in [1.165, 1.54) is 34.9 Å². The van der Waals surface area contributed by atoms with Crippen molar-refractivity contribution in [2.45, 2.75) is 19.4 Å². The molecule has 0 N–H and O–H groups in total. The van der Waals surface area contributed by atoms with Crippen molar-refractivity contribution < 1.29 is 0 Å². The number of pyridine rings is 2. The molecule has 1 saturated heterocycles. The second-order valence-electron chi connectivity index (χ2n) is 6.47. The Balaban J connectivity index is 1.44. The van der Waals surface area contributed by atoms with Gasteiger partial charge in [-0.15, -0.1) is 0 Å². The van der Waals surface area contributed by atoms with E-state index >= 15 is 0 Å². The van der Waals surface area contributed by atoms with Gasteiger partial charge in [0.05, 0.1) is 0 Å². The second kappa shape index (κ2) is 6.47. The Bertz CT molecular complexity index is 780. The monoisotopic (exact) mass is 303 g/mol. The molecule has 3 heteroatoms. The van der Waals surface area contributed by atoms with Gasteiger partial charge in [0.2, 0.25) is 0 Å². The van der Waals surface area contributed by atoms with Crippen LogP contribution < -0.4 is 0 Å². The van der Waals surface area contributed by atoms with Crippen LogP contribution in [0.15, 0.2) is 61.2 Å². The highest BCUT2D eigenvalue weighted by atomic mass is 15.1. The first-order chi connectivity index (χ1) is 11.4. The summed E-state index contributed by atoms with van der Waals surface area (Å²) in [5, 5.41) is 2.60. The number of hydrogen-bond donors (Lipinski definition) is 0. The van der Waals surface area contributed by atoms with Gasteiger partial charge in [-0.05, 0) is 47.9 Å². The zero-order valence-electron chi connectivity index (χ0n) is 13.2. The minimum Gasteiger partial charge on any atom is -0.299 e. The van der Waals surface area contributed by atoms with E-state index < -0.39 is 0 Å². The maximum atomic E-state index is 4.42. The zero-order chi connectivity index (χ0) is 15.5. The Hall–Kier alpha value is -2.26. The molecule has 0 unspecified atom stereocenters.